The molecule has 1 aromatic heterocycles. The third-order valence-corrected chi connectivity index (χ3v) is 11.0. The Labute approximate surface area is 265 Å². The van der Waals surface area contributed by atoms with Crippen LogP contribution in [0.4, 0.5) is 4.79 Å². The molecule has 1 aliphatic carbocycles. The van der Waals surface area contributed by atoms with E-state index in [-0.39, 0.29) is 41.1 Å². The molecule has 0 radical (unpaired) electrons. The van der Waals surface area contributed by atoms with Crippen LogP contribution in [0.5, 0.6) is 0 Å². The first-order chi connectivity index (χ1) is 21.9. The fourth-order valence-electron chi connectivity index (χ4n) is 8.49. The fraction of sp³-hybridized carbons (Fsp3) is 0.528. The number of amides is 4. The predicted molar refractivity (Wildman–Crippen MR) is 175 cm³/mol. The van der Waals surface area contributed by atoms with Crippen LogP contribution in [0.15, 0.2) is 54.7 Å². The van der Waals surface area contributed by atoms with Crippen LogP contribution in [0, 0.1) is 0 Å². The Morgan fingerprint density at radius 2 is 1.69 bits per heavy atom. The van der Waals surface area contributed by atoms with Crippen molar-refractivity contribution in [1.29, 1.82) is 0 Å². The van der Waals surface area contributed by atoms with Crippen LogP contribution in [-0.2, 0) is 15.0 Å². The Balaban J connectivity index is 1.10. The van der Waals surface area contributed by atoms with Gasteiger partial charge in [-0.3, -0.25) is 9.59 Å². The Morgan fingerprint density at radius 3 is 2.47 bits per heavy atom. The standard InChI is InChI=1S/C36H46N6O3/c1-24(29-23-38-31-13-5-3-11-27(29)31)32(40-35(45)39-25-9-8-16-37-22-25)34(44)42-19-14-36(15-20-42)21-28(26-10-2-4-12-30(26)36)33(43)41-17-6-7-18-41/h2-5,10-13,23-25,28,32,37-38H,6-9,14-22H2,1H3,(H2,39,40,45)/t24-,25-,28-,32-/m1/s1. The number of H-pyrrole nitrogens is 1. The smallest absolute Gasteiger partial charge is 0.315 e. The van der Waals surface area contributed by atoms with E-state index in [0.29, 0.717) is 13.1 Å². The number of likely N-dealkylation sites (tertiary alicyclic amines) is 2. The number of nitrogens with zero attached hydrogens (tertiary/aromatic N) is 2. The summed E-state index contributed by atoms with van der Waals surface area (Å²) in [5, 5.41) is 10.6. The van der Waals surface area contributed by atoms with Gasteiger partial charge in [0.1, 0.15) is 6.04 Å². The van der Waals surface area contributed by atoms with Gasteiger partial charge in [0.25, 0.3) is 0 Å². The highest BCUT2D eigenvalue weighted by Crippen LogP contribution is 2.52. The lowest BCUT2D eigenvalue weighted by atomic mass is 9.73. The normalized spacial score (nSPS) is 23.9. The molecule has 1 spiro atoms. The zero-order chi connectivity index (χ0) is 31.0. The summed E-state index contributed by atoms with van der Waals surface area (Å²) < 4.78 is 0. The first kappa shape index (κ1) is 29.8. The van der Waals surface area contributed by atoms with Gasteiger partial charge >= 0.3 is 6.03 Å². The lowest BCUT2D eigenvalue weighted by molar-refractivity contribution is -0.136. The van der Waals surface area contributed by atoms with Crippen molar-refractivity contribution in [2.45, 2.75) is 81.2 Å². The molecule has 9 heteroatoms. The van der Waals surface area contributed by atoms with Gasteiger partial charge in [0.15, 0.2) is 0 Å². The first-order valence-electron chi connectivity index (χ1n) is 16.9. The van der Waals surface area contributed by atoms with E-state index in [9.17, 15) is 14.4 Å². The van der Waals surface area contributed by atoms with Gasteiger partial charge < -0.3 is 30.7 Å². The van der Waals surface area contributed by atoms with E-state index < -0.39 is 6.04 Å². The van der Waals surface area contributed by atoms with Crippen LogP contribution >= 0.6 is 0 Å². The predicted octanol–water partition coefficient (Wildman–Crippen LogP) is 4.36. The summed E-state index contributed by atoms with van der Waals surface area (Å²) >= 11 is 0. The summed E-state index contributed by atoms with van der Waals surface area (Å²) in [5.41, 5.74) is 4.39. The molecule has 4 amide bonds. The molecule has 4 aliphatic rings. The number of urea groups is 1. The van der Waals surface area contributed by atoms with Crippen molar-refractivity contribution in [3.8, 4) is 0 Å². The maximum absolute atomic E-state index is 14.4. The van der Waals surface area contributed by atoms with Crippen molar-refractivity contribution in [1.82, 2.24) is 30.7 Å². The molecule has 4 N–H and O–H groups in total. The van der Waals surface area contributed by atoms with Crippen molar-refractivity contribution >= 4 is 28.7 Å². The lowest BCUT2D eigenvalue weighted by Gasteiger charge is -2.42. The number of para-hydroxylation sites is 1. The molecule has 0 bridgehead atoms. The largest absolute Gasteiger partial charge is 0.361 e. The van der Waals surface area contributed by atoms with Crippen LogP contribution in [0.25, 0.3) is 10.9 Å². The molecule has 4 atom stereocenters. The van der Waals surface area contributed by atoms with Gasteiger partial charge in [0.2, 0.25) is 11.8 Å². The summed E-state index contributed by atoms with van der Waals surface area (Å²) in [7, 11) is 0. The van der Waals surface area contributed by atoms with Gasteiger partial charge in [-0.2, -0.15) is 0 Å². The Morgan fingerprint density at radius 1 is 0.933 bits per heavy atom. The minimum Gasteiger partial charge on any atom is -0.361 e. The minimum absolute atomic E-state index is 0.0458. The molecule has 3 saturated heterocycles. The van der Waals surface area contributed by atoms with Crippen LogP contribution in [-0.4, -0.2) is 84.0 Å². The Bertz CT molecular complexity index is 1550. The number of fused-ring (bicyclic) bond motifs is 3. The topological polar surface area (TPSA) is 110 Å². The second kappa shape index (κ2) is 12.5. The molecule has 0 saturated carbocycles. The Hall–Kier alpha value is -3.85. The molecule has 238 valence electrons. The summed E-state index contributed by atoms with van der Waals surface area (Å²) in [6, 6.07) is 15.6. The number of piperidine rings is 2. The minimum atomic E-state index is -0.713. The summed E-state index contributed by atoms with van der Waals surface area (Å²) in [6.07, 6.45) is 8.53. The fourth-order valence-corrected chi connectivity index (χ4v) is 8.49. The van der Waals surface area contributed by atoms with Gasteiger partial charge in [-0.05, 0) is 74.2 Å². The van der Waals surface area contributed by atoms with E-state index >= 15 is 0 Å². The molecule has 7 rings (SSSR count). The van der Waals surface area contributed by atoms with Crippen molar-refractivity contribution in [3.05, 3.63) is 71.4 Å². The highest BCUT2D eigenvalue weighted by atomic mass is 16.2. The van der Waals surface area contributed by atoms with Crippen molar-refractivity contribution in [2.75, 3.05) is 39.3 Å². The molecule has 3 fully saturated rings. The average Bonchev–Trinajstić information content (AvgIpc) is 3.83. The maximum atomic E-state index is 14.4. The van der Waals surface area contributed by atoms with E-state index in [1.807, 2.05) is 36.2 Å². The molecule has 3 aliphatic heterocycles. The number of nitrogens with one attached hydrogen (secondary N) is 4. The first-order valence-corrected chi connectivity index (χ1v) is 16.9. The van der Waals surface area contributed by atoms with E-state index in [2.05, 4.69) is 56.2 Å². The molecule has 45 heavy (non-hydrogen) atoms. The van der Waals surface area contributed by atoms with Crippen LogP contribution in [0.2, 0.25) is 0 Å². The monoisotopic (exact) mass is 610 g/mol. The molecule has 3 aromatic rings. The molecule has 9 nitrogen and oxygen atoms in total. The highest BCUT2D eigenvalue weighted by Gasteiger charge is 2.49. The number of carbonyl (C=O) groups excluding carboxylic acids is 3. The molecular formula is C36H46N6O3. The van der Waals surface area contributed by atoms with Crippen LogP contribution in [0.3, 0.4) is 0 Å². The van der Waals surface area contributed by atoms with Gasteiger partial charge in [-0.25, -0.2) is 4.79 Å². The SMILES string of the molecule is C[C@H](c1c[nH]c2ccccc12)[C@@H](NC(=O)N[C@@H]1CCCNC1)C(=O)N1CCC2(CC1)C[C@@H](C(=O)N1CCCC1)c1ccccc12. The number of rotatable bonds is 6. The molecule has 0 unspecified atom stereocenters. The van der Waals surface area contributed by atoms with Gasteiger partial charge in [0.05, 0.1) is 5.92 Å². The van der Waals surface area contributed by atoms with Crippen molar-refractivity contribution in [2.24, 2.45) is 0 Å². The van der Waals surface area contributed by atoms with E-state index in [0.717, 1.165) is 87.6 Å². The van der Waals surface area contributed by atoms with Crippen molar-refractivity contribution < 1.29 is 14.4 Å². The maximum Gasteiger partial charge on any atom is 0.315 e. The van der Waals surface area contributed by atoms with Crippen LogP contribution < -0.4 is 16.0 Å². The zero-order valence-corrected chi connectivity index (χ0v) is 26.3. The molecular weight excluding hydrogens is 564 g/mol. The van der Waals surface area contributed by atoms with Gasteiger partial charge in [-0.15, -0.1) is 0 Å². The van der Waals surface area contributed by atoms with E-state index in [1.165, 1.54) is 11.1 Å². The van der Waals surface area contributed by atoms with Gasteiger partial charge in [-0.1, -0.05) is 49.4 Å². The number of hydrogen-bond donors (Lipinski definition) is 4. The molecule has 4 heterocycles. The number of aromatic amines is 1. The average molecular weight is 611 g/mol. The second-order valence-corrected chi connectivity index (χ2v) is 13.7. The third kappa shape index (κ3) is 5.71. The summed E-state index contributed by atoms with van der Waals surface area (Å²) in [4.78, 5) is 48.7. The third-order valence-electron chi connectivity index (χ3n) is 11.0. The number of benzene rings is 2. The van der Waals surface area contributed by atoms with E-state index in [4.69, 9.17) is 0 Å². The molecule has 2 aromatic carbocycles. The van der Waals surface area contributed by atoms with Crippen molar-refractivity contribution in [3.63, 3.8) is 0 Å². The highest BCUT2D eigenvalue weighted by molar-refractivity contribution is 5.91. The lowest BCUT2D eigenvalue weighted by Crippen LogP contribution is -2.57. The summed E-state index contributed by atoms with van der Waals surface area (Å²) in [6.45, 7) is 6.66. The zero-order valence-electron chi connectivity index (χ0n) is 26.3. The second-order valence-electron chi connectivity index (χ2n) is 13.7. The van der Waals surface area contributed by atoms with E-state index in [1.54, 1.807) is 0 Å². The van der Waals surface area contributed by atoms with Gasteiger partial charge in [0, 0.05) is 67.2 Å². The number of carbonyl (C=O) groups is 3. The van der Waals surface area contributed by atoms with Crippen LogP contribution in [0.1, 0.15) is 80.4 Å². The summed E-state index contributed by atoms with van der Waals surface area (Å²) in [5.74, 6) is -0.118. The number of hydrogen-bond acceptors (Lipinski definition) is 4. The Kier molecular flexibility index (Phi) is 8.29. The quantitative estimate of drug-likeness (QED) is 0.333. The number of aromatic nitrogens is 1.